The number of hydrogen-bond donors (Lipinski definition) is 0. The molecule has 1 aliphatic heterocycles. The molecule has 0 bridgehead atoms. The van der Waals surface area contributed by atoms with Crippen molar-refractivity contribution < 1.29 is 4.79 Å². The second-order valence-corrected chi connectivity index (χ2v) is 6.83. The maximum Gasteiger partial charge on any atom is 0.223 e. The van der Waals surface area contributed by atoms with E-state index < -0.39 is 0 Å². The first-order valence-electron chi connectivity index (χ1n) is 8.11. The van der Waals surface area contributed by atoms with Gasteiger partial charge in [0.25, 0.3) is 0 Å². The molecule has 0 radical (unpaired) electrons. The number of piperidine rings is 1. The Labute approximate surface area is 141 Å². The number of likely N-dealkylation sites (tertiary alicyclic amines) is 1. The summed E-state index contributed by atoms with van der Waals surface area (Å²) in [4.78, 5) is 14.2. The zero-order valence-electron chi connectivity index (χ0n) is 13.4. The molecule has 0 aliphatic carbocycles. The molecule has 0 atom stereocenters. The summed E-state index contributed by atoms with van der Waals surface area (Å²) in [6.45, 7) is 1.84. The summed E-state index contributed by atoms with van der Waals surface area (Å²) in [7, 11) is 1.97. The normalized spacial score (nSPS) is 14.9. The molecule has 2 heterocycles. The highest BCUT2D eigenvalue weighted by Gasteiger charge is 2.17. The lowest BCUT2D eigenvalue weighted by Gasteiger charge is -2.26. The standard InChI is InChI=1S/C17H22N4OS/c1-20-16(14-8-4-2-5-9-14)18-19-17(20)23-13-10-15(22)21-11-6-3-7-12-21/h2,4-5,8-9H,3,6-7,10-13H2,1H3. The van der Waals surface area contributed by atoms with Crippen LogP contribution in [0.2, 0.25) is 0 Å². The van der Waals surface area contributed by atoms with E-state index in [4.69, 9.17) is 0 Å². The molecule has 1 aliphatic rings. The number of hydrogen-bond acceptors (Lipinski definition) is 4. The molecule has 122 valence electrons. The average Bonchev–Trinajstić information content (AvgIpc) is 2.97. The fourth-order valence-corrected chi connectivity index (χ4v) is 3.65. The Morgan fingerprint density at radius 1 is 1.13 bits per heavy atom. The molecular weight excluding hydrogens is 308 g/mol. The lowest BCUT2D eigenvalue weighted by atomic mass is 10.1. The van der Waals surface area contributed by atoms with Crippen molar-refractivity contribution in [3.63, 3.8) is 0 Å². The molecule has 1 amide bonds. The highest BCUT2D eigenvalue weighted by molar-refractivity contribution is 7.99. The van der Waals surface area contributed by atoms with E-state index in [0.717, 1.165) is 48.2 Å². The van der Waals surface area contributed by atoms with E-state index in [1.165, 1.54) is 6.42 Å². The Hall–Kier alpha value is -1.82. The fourth-order valence-electron chi connectivity index (χ4n) is 2.81. The Morgan fingerprint density at radius 3 is 2.61 bits per heavy atom. The first-order valence-corrected chi connectivity index (χ1v) is 9.09. The van der Waals surface area contributed by atoms with E-state index in [-0.39, 0.29) is 5.91 Å². The highest BCUT2D eigenvalue weighted by Crippen LogP contribution is 2.23. The Morgan fingerprint density at radius 2 is 1.87 bits per heavy atom. The number of aromatic nitrogens is 3. The number of carbonyl (C=O) groups is 1. The Kier molecular flexibility index (Phi) is 5.33. The molecule has 5 nitrogen and oxygen atoms in total. The topological polar surface area (TPSA) is 51.0 Å². The summed E-state index contributed by atoms with van der Waals surface area (Å²) in [5, 5.41) is 9.38. The summed E-state index contributed by atoms with van der Waals surface area (Å²) >= 11 is 1.60. The predicted molar refractivity (Wildman–Crippen MR) is 92.2 cm³/mol. The molecule has 2 aromatic rings. The SMILES string of the molecule is Cn1c(SCCC(=O)N2CCCCC2)nnc1-c1ccccc1. The predicted octanol–water partition coefficient (Wildman–Crippen LogP) is 2.98. The van der Waals surface area contributed by atoms with Crippen molar-refractivity contribution >= 4 is 17.7 Å². The van der Waals surface area contributed by atoms with Gasteiger partial charge in [0.15, 0.2) is 11.0 Å². The van der Waals surface area contributed by atoms with Gasteiger partial charge < -0.3 is 9.47 Å². The molecular formula is C17H22N4OS. The van der Waals surface area contributed by atoms with Gasteiger partial charge in [-0.2, -0.15) is 0 Å². The van der Waals surface area contributed by atoms with Gasteiger partial charge in [0.2, 0.25) is 5.91 Å². The van der Waals surface area contributed by atoms with Gasteiger partial charge in [0.05, 0.1) is 0 Å². The zero-order valence-corrected chi connectivity index (χ0v) is 14.3. The van der Waals surface area contributed by atoms with E-state index in [1.807, 2.05) is 46.8 Å². The average molecular weight is 330 g/mol. The molecule has 1 aromatic carbocycles. The van der Waals surface area contributed by atoms with Gasteiger partial charge in [0, 0.05) is 37.9 Å². The van der Waals surface area contributed by atoms with Gasteiger partial charge in [-0.1, -0.05) is 42.1 Å². The van der Waals surface area contributed by atoms with Crippen LogP contribution in [0.25, 0.3) is 11.4 Å². The minimum Gasteiger partial charge on any atom is -0.343 e. The van der Waals surface area contributed by atoms with Crippen LogP contribution in [0.4, 0.5) is 0 Å². The Bertz CT molecular complexity index is 650. The third kappa shape index (κ3) is 3.93. The number of benzene rings is 1. The van der Waals surface area contributed by atoms with Gasteiger partial charge in [-0.15, -0.1) is 10.2 Å². The lowest BCUT2D eigenvalue weighted by Crippen LogP contribution is -2.35. The van der Waals surface area contributed by atoms with Gasteiger partial charge in [-0.05, 0) is 19.3 Å². The third-order valence-electron chi connectivity index (χ3n) is 4.12. The van der Waals surface area contributed by atoms with Crippen molar-refractivity contribution in [1.29, 1.82) is 0 Å². The maximum atomic E-state index is 12.2. The van der Waals surface area contributed by atoms with Gasteiger partial charge >= 0.3 is 0 Å². The van der Waals surface area contributed by atoms with Crippen molar-refractivity contribution in [2.45, 2.75) is 30.8 Å². The number of rotatable bonds is 5. The van der Waals surface area contributed by atoms with Crippen molar-refractivity contribution in [2.24, 2.45) is 7.05 Å². The molecule has 0 saturated carbocycles. The molecule has 3 rings (SSSR count). The molecule has 0 N–H and O–H groups in total. The van der Waals surface area contributed by atoms with Crippen molar-refractivity contribution in [3.05, 3.63) is 30.3 Å². The molecule has 0 spiro atoms. The van der Waals surface area contributed by atoms with Crippen LogP contribution in [-0.4, -0.2) is 44.4 Å². The summed E-state index contributed by atoms with van der Waals surface area (Å²) in [6, 6.07) is 10.0. The van der Waals surface area contributed by atoms with Gasteiger partial charge in [-0.3, -0.25) is 4.79 Å². The van der Waals surface area contributed by atoms with Crippen LogP contribution >= 0.6 is 11.8 Å². The number of thioether (sulfide) groups is 1. The quantitative estimate of drug-likeness (QED) is 0.791. The molecule has 1 aromatic heterocycles. The van der Waals surface area contributed by atoms with Crippen molar-refractivity contribution in [1.82, 2.24) is 19.7 Å². The van der Waals surface area contributed by atoms with Crippen LogP contribution < -0.4 is 0 Å². The molecule has 1 fully saturated rings. The van der Waals surface area contributed by atoms with E-state index in [2.05, 4.69) is 10.2 Å². The largest absolute Gasteiger partial charge is 0.343 e. The second kappa shape index (κ2) is 7.64. The minimum atomic E-state index is 0.266. The summed E-state index contributed by atoms with van der Waals surface area (Å²) in [6.07, 6.45) is 4.10. The minimum absolute atomic E-state index is 0.266. The highest BCUT2D eigenvalue weighted by atomic mass is 32.2. The molecule has 23 heavy (non-hydrogen) atoms. The molecule has 6 heteroatoms. The summed E-state index contributed by atoms with van der Waals surface area (Å²) in [5.74, 6) is 1.87. The monoisotopic (exact) mass is 330 g/mol. The Balaban J connectivity index is 1.55. The first kappa shape index (κ1) is 16.1. The van der Waals surface area contributed by atoms with Crippen molar-refractivity contribution in [2.75, 3.05) is 18.8 Å². The third-order valence-corrected chi connectivity index (χ3v) is 5.14. The van der Waals surface area contributed by atoms with Crippen LogP contribution in [0.3, 0.4) is 0 Å². The zero-order chi connectivity index (χ0) is 16.1. The second-order valence-electron chi connectivity index (χ2n) is 5.77. The number of amides is 1. The summed E-state index contributed by atoms with van der Waals surface area (Å²) in [5.41, 5.74) is 1.05. The van der Waals surface area contributed by atoms with Crippen LogP contribution in [0, 0.1) is 0 Å². The van der Waals surface area contributed by atoms with Crippen molar-refractivity contribution in [3.8, 4) is 11.4 Å². The summed E-state index contributed by atoms with van der Waals surface area (Å²) < 4.78 is 1.99. The lowest BCUT2D eigenvalue weighted by molar-refractivity contribution is -0.131. The fraction of sp³-hybridized carbons (Fsp3) is 0.471. The van der Waals surface area contributed by atoms with Crippen LogP contribution in [0.15, 0.2) is 35.5 Å². The molecule has 1 saturated heterocycles. The van der Waals surface area contributed by atoms with E-state index in [0.29, 0.717) is 6.42 Å². The van der Waals surface area contributed by atoms with E-state index in [1.54, 1.807) is 11.8 Å². The van der Waals surface area contributed by atoms with Crippen LogP contribution in [0.1, 0.15) is 25.7 Å². The molecule has 0 unspecified atom stereocenters. The maximum absolute atomic E-state index is 12.2. The van der Waals surface area contributed by atoms with Crippen LogP contribution in [0.5, 0.6) is 0 Å². The number of nitrogens with zero attached hydrogens (tertiary/aromatic N) is 4. The first-order chi connectivity index (χ1) is 11.3. The van der Waals surface area contributed by atoms with Crippen LogP contribution in [-0.2, 0) is 11.8 Å². The smallest absolute Gasteiger partial charge is 0.223 e. The van der Waals surface area contributed by atoms with E-state index >= 15 is 0 Å². The van der Waals surface area contributed by atoms with Gasteiger partial charge in [-0.25, -0.2) is 0 Å². The van der Waals surface area contributed by atoms with E-state index in [9.17, 15) is 4.79 Å². The van der Waals surface area contributed by atoms with Gasteiger partial charge in [0.1, 0.15) is 0 Å². The number of carbonyl (C=O) groups excluding carboxylic acids is 1.